The van der Waals surface area contributed by atoms with Gasteiger partial charge in [0.25, 0.3) is 0 Å². The van der Waals surface area contributed by atoms with Crippen molar-refractivity contribution in [3.8, 4) is 0 Å². The summed E-state index contributed by atoms with van der Waals surface area (Å²) in [6.07, 6.45) is 10.1. The van der Waals surface area contributed by atoms with Crippen molar-refractivity contribution in [2.75, 3.05) is 11.4 Å². The first-order valence-electron chi connectivity index (χ1n) is 6.05. The van der Waals surface area contributed by atoms with Crippen LogP contribution in [0.3, 0.4) is 0 Å². The van der Waals surface area contributed by atoms with E-state index in [1.165, 1.54) is 32.1 Å². The second-order valence-corrected chi connectivity index (χ2v) is 5.13. The van der Waals surface area contributed by atoms with Crippen molar-refractivity contribution in [3.63, 3.8) is 0 Å². The molecule has 1 fully saturated rings. The third kappa shape index (κ3) is 2.54. The molecule has 4 heteroatoms. The minimum absolute atomic E-state index is 0.657. The largest absolute Gasteiger partial charge is 0.353 e. The van der Waals surface area contributed by atoms with E-state index in [9.17, 15) is 0 Å². The molecule has 1 aromatic heterocycles. The van der Waals surface area contributed by atoms with Gasteiger partial charge in [-0.3, -0.25) is 0 Å². The predicted molar refractivity (Wildman–Crippen MR) is 69.6 cm³/mol. The van der Waals surface area contributed by atoms with E-state index in [0.29, 0.717) is 6.04 Å². The molecule has 3 nitrogen and oxygen atoms in total. The SMILES string of the molecule is CCN(c1ncncc1Br)C1CCCCC1. The Morgan fingerprint density at radius 3 is 2.75 bits per heavy atom. The molecule has 0 bridgehead atoms. The van der Waals surface area contributed by atoms with Crippen LogP contribution >= 0.6 is 15.9 Å². The maximum atomic E-state index is 4.39. The summed E-state index contributed by atoms with van der Waals surface area (Å²) < 4.78 is 1.00. The van der Waals surface area contributed by atoms with Gasteiger partial charge in [-0.05, 0) is 35.7 Å². The number of halogens is 1. The Kier molecular flexibility index (Phi) is 4.16. The molecule has 1 aromatic rings. The Balaban J connectivity index is 2.18. The fraction of sp³-hybridized carbons (Fsp3) is 0.667. The molecule has 0 spiro atoms. The molecule has 0 aliphatic heterocycles. The van der Waals surface area contributed by atoms with Gasteiger partial charge in [0.1, 0.15) is 12.1 Å². The first-order valence-corrected chi connectivity index (χ1v) is 6.84. The Morgan fingerprint density at radius 1 is 1.38 bits per heavy atom. The van der Waals surface area contributed by atoms with Crippen molar-refractivity contribution in [1.29, 1.82) is 0 Å². The number of anilines is 1. The second kappa shape index (κ2) is 5.62. The normalized spacial score (nSPS) is 17.4. The molecule has 16 heavy (non-hydrogen) atoms. The van der Waals surface area contributed by atoms with E-state index < -0.39 is 0 Å². The van der Waals surface area contributed by atoms with Gasteiger partial charge in [0.15, 0.2) is 0 Å². The van der Waals surface area contributed by atoms with Crippen LogP contribution in [0.1, 0.15) is 39.0 Å². The Hall–Kier alpha value is -0.640. The standard InChI is InChI=1S/C12H18BrN3/c1-2-16(10-6-4-3-5-7-10)12-11(13)8-14-9-15-12/h8-10H,2-7H2,1H3. The van der Waals surface area contributed by atoms with Gasteiger partial charge in [0.05, 0.1) is 4.47 Å². The summed E-state index contributed by atoms with van der Waals surface area (Å²) in [7, 11) is 0. The molecular formula is C12H18BrN3. The number of rotatable bonds is 3. The molecule has 0 saturated heterocycles. The highest BCUT2D eigenvalue weighted by atomic mass is 79.9. The van der Waals surface area contributed by atoms with Crippen LogP contribution in [0.15, 0.2) is 17.0 Å². The van der Waals surface area contributed by atoms with Crippen LogP contribution in [-0.4, -0.2) is 22.6 Å². The summed E-state index contributed by atoms with van der Waals surface area (Å²) in [5, 5.41) is 0. The number of aromatic nitrogens is 2. The smallest absolute Gasteiger partial charge is 0.146 e. The monoisotopic (exact) mass is 283 g/mol. The molecule has 2 rings (SSSR count). The molecule has 0 amide bonds. The molecule has 1 aliphatic carbocycles. The fourth-order valence-corrected chi connectivity index (χ4v) is 2.94. The average molecular weight is 284 g/mol. The van der Waals surface area contributed by atoms with Crippen LogP contribution in [0.2, 0.25) is 0 Å². The van der Waals surface area contributed by atoms with Crippen LogP contribution in [0, 0.1) is 0 Å². The zero-order chi connectivity index (χ0) is 11.4. The molecule has 1 heterocycles. The number of hydrogen-bond donors (Lipinski definition) is 0. The second-order valence-electron chi connectivity index (χ2n) is 4.27. The van der Waals surface area contributed by atoms with Gasteiger partial charge < -0.3 is 4.90 Å². The summed E-state index contributed by atoms with van der Waals surface area (Å²) in [5.41, 5.74) is 0. The molecule has 88 valence electrons. The van der Waals surface area contributed by atoms with E-state index >= 15 is 0 Å². The predicted octanol–water partition coefficient (Wildman–Crippen LogP) is 3.40. The summed E-state index contributed by atoms with van der Waals surface area (Å²) >= 11 is 3.54. The summed E-state index contributed by atoms with van der Waals surface area (Å²) in [6.45, 7) is 3.21. The lowest BCUT2D eigenvalue weighted by Crippen LogP contribution is -2.37. The van der Waals surface area contributed by atoms with Crippen LogP contribution in [0.5, 0.6) is 0 Å². The lowest BCUT2D eigenvalue weighted by Gasteiger charge is -2.34. The maximum Gasteiger partial charge on any atom is 0.146 e. The van der Waals surface area contributed by atoms with Crippen LogP contribution in [0.4, 0.5) is 5.82 Å². The van der Waals surface area contributed by atoms with Crippen molar-refractivity contribution >= 4 is 21.7 Å². The van der Waals surface area contributed by atoms with Crippen molar-refractivity contribution < 1.29 is 0 Å². The first-order chi connectivity index (χ1) is 7.83. The minimum atomic E-state index is 0.657. The van der Waals surface area contributed by atoms with E-state index in [1.54, 1.807) is 6.33 Å². The highest BCUT2D eigenvalue weighted by molar-refractivity contribution is 9.10. The molecule has 0 unspecified atom stereocenters. The molecule has 0 aromatic carbocycles. The average Bonchev–Trinajstić information content (AvgIpc) is 2.34. The van der Waals surface area contributed by atoms with E-state index in [4.69, 9.17) is 0 Å². The molecule has 1 aliphatic rings. The third-order valence-electron chi connectivity index (χ3n) is 3.28. The van der Waals surface area contributed by atoms with Gasteiger partial charge in [0.2, 0.25) is 0 Å². The van der Waals surface area contributed by atoms with Gasteiger partial charge >= 0.3 is 0 Å². The lowest BCUT2D eigenvalue weighted by atomic mass is 9.94. The van der Waals surface area contributed by atoms with E-state index in [0.717, 1.165) is 16.8 Å². The summed E-state index contributed by atoms with van der Waals surface area (Å²) in [6, 6.07) is 0.657. The Bertz CT molecular complexity index is 337. The molecule has 0 radical (unpaired) electrons. The van der Waals surface area contributed by atoms with Gasteiger partial charge in [-0.1, -0.05) is 19.3 Å². The Morgan fingerprint density at radius 2 is 2.12 bits per heavy atom. The maximum absolute atomic E-state index is 4.39. The van der Waals surface area contributed by atoms with Crippen molar-refractivity contribution in [3.05, 3.63) is 17.0 Å². The fourth-order valence-electron chi connectivity index (χ4n) is 2.49. The Labute approximate surface area is 105 Å². The third-order valence-corrected chi connectivity index (χ3v) is 3.84. The molecule has 0 atom stereocenters. The van der Waals surface area contributed by atoms with Crippen LogP contribution in [0.25, 0.3) is 0 Å². The summed E-state index contributed by atoms with van der Waals surface area (Å²) in [4.78, 5) is 10.8. The van der Waals surface area contributed by atoms with E-state index in [2.05, 4.69) is 37.7 Å². The zero-order valence-corrected chi connectivity index (χ0v) is 11.3. The number of nitrogens with zero attached hydrogens (tertiary/aromatic N) is 3. The van der Waals surface area contributed by atoms with Crippen LogP contribution < -0.4 is 4.90 Å². The van der Waals surface area contributed by atoms with Gasteiger partial charge in [-0.25, -0.2) is 9.97 Å². The topological polar surface area (TPSA) is 29.0 Å². The highest BCUT2D eigenvalue weighted by Gasteiger charge is 2.22. The van der Waals surface area contributed by atoms with E-state index in [1.807, 2.05) is 6.20 Å². The summed E-state index contributed by atoms with van der Waals surface area (Å²) in [5.74, 6) is 1.05. The van der Waals surface area contributed by atoms with Gasteiger partial charge in [-0.15, -0.1) is 0 Å². The van der Waals surface area contributed by atoms with Gasteiger partial charge in [-0.2, -0.15) is 0 Å². The van der Waals surface area contributed by atoms with E-state index in [-0.39, 0.29) is 0 Å². The van der Waals surface area contributed by atoms with Crippen molar-refractivity contribution in [2.24, 2.45) is 0 Å². The first kappa shape index (κ1) is 11.8. The molecular weight excluding hydrogens is 266 g/mol. The highest BCUT2D eigenvalue weighted by Crippen LogP contribution is 2.29. The number of hydrogen-bond acceptors (Lipinski definition) is 3. The minimum Gasteiger partial charge on any atom is -0.353 e. The quantitative estimate of drug-likeness (QED) is 0.851. The molecule has 1 saturated carbocycles. The van der Waals surface area contributed by atoms with Gasteiger partial charge in [0, 0.05) is 18.8 Å². The van der Waals surface area contributed by atoms with Crippen molar-refractivity contribution in [2.45, 2.75) is 45.1 Å². The van der Waals surface area contributed by atoms with Crippen molar-refractivity contribution in [1.82, 2.24) is 9.97 Å². The zero-order valence-electron chi connectivity index (χ0n) is 9.69. The lowest BCUT2D eigenvalue weighted by molar-refractivity contribution is 0.416. The molecule has 0 N–H and O–H groups in total. The van der Waals surface area contributed by atoms with Crippen LogP contribution in [-0.2, 0) is 0 Å².